The van der Waals surface area contributed by atoms with Crippen LogP contribution in [0.4, 0.5) is 10.8 Å². The van der Waals surface area contributed by atoms with Crippen LogP contribution in [0.1, 0.15) is 12.0 Å². The van der Waals surface area contributed by atoms with Gasteiger partial charge in [0.15, 0.2) is 4.34 Å². The van der Waals surface area contributed by atoms with E-state index in [1.165, 1.54) is 23.1 Å². The highest BCUT2D eigenvalue weighted by Crippen LogP contribution is 2.29. The second-order valence-corrected chi connectivity index (χ2v) is 8.22. The van der Waals surface area contributed by atoms with Crippen LogP contribution in [0.2, 0.25) is 0 Å². The molecular weight excluding hydrogens is 372 g/mol. The maximum atomic E-state index is 12.5. The Hall–Kier alpha value is -1.97. The molecule has 2 heterocycles. The van der Waals surface area contributed by atoms with Crippen molar-refractivity contribution in [1.29, 1.82) is 0 Å². The summed E-state index contributed by atoms with van der Waals surface area (Å²) >= 11 is 2.86. The molecule has 1 fully saturated rings. The molecule has 1 aliphatic rings. The average molecular weight is 393 g/mol. The molecule has 0 saturated carbocycles. The third kappa shape index (κ3) is 4.40. The van der Waals surface area contributed by atoms with Crippen LogP contribution in [0, 0.1) is 12.8 Å². The van der Waals surface area contributed by atoms with Crippen LogP contribution >= 0.6 is 23.1 Å². The molecule has 0 aliphatic carbocycles. The molecule has 1 N–H and O–H groups in total. The number of nitrogens with zero attached hydrogens (tertiary/aromatic N) is 3. The molecule has 1 atom stereocenters. The third-order valence-electron chi connectivity index (χ3n) is 4.05. The zero-order valence-electron chi connectivity index (χ0n) is 14.6. The highest BCUT2D eigenvalue weighted by atomic mass is 32.2. The zero-order valence-corrected chi connectivity index (χ0v) is 16.2. The second-order valence-electron chi connectivity index (χ2n) is 5.90. The molecule has 1 aromatic carbocycles. The SMILES string of the molecule is COCCSc1nnc(NC(=O)[C@H]2CC(=O)N(c3ccccc3C)C2)s1. The van der Waals surface area contributed by atoms with E-state index in [0.29, 0.717) is 18.3 Å². The van der Waals surface area contributed by atoms with Gasteiger partial charge in [-0.1, -0.05) is 41.3 Å². The van der Waals surface area contributed by atoms with Gasteiger partial charge in [-0.15, -0.1) is 10.2 Å². The Morgan fingerprint density at radius 1 is 1.42 bits per heavy atom. The summed E-state index contributed by atoms with van der Waals surface area (Å²) in [6.07, 6.45) is 0.203. The highest BCUT2D eigenvalue weighted by molar-refractivity contribution is 8.01. The van der Waals surface area contributed by atoms with Gasteiger partial charge in [0.25, 0.3) is 0 Å². The Morgan fingerprint density at radius 3 is 3.00 bits per heavy atom. The van der Waals surface area contributed by atoms with Gasteiger partial charge in [-0.2, -0.15) is 0 Å². The lowest BCUT2D eigenvalue weighted by atomic mass is 10.1. The largest absolute Gasteiger partial charge is 0.384 e. The summed E-state index contributed by atoms with van der Waals surface area (Å²) in [5, 5.41) is 11.3. The Balaban J connectivity index is 1.59. The molecule has 9 heteroatoms. The first kappa shape index (κ1) is 18.8. The van der Waals surface area contributed by atoms with Crippen molar-refractivity contribution in [1.82, 2.24) is 10.2 Å². The van der Waals surface area contributed by atoms with Gasteiger partial charge >= 0.3 is 0 Å². The number of carbonyl (C=O) groups excluding carboxylic acids is 2. The van der Waals surface area contributed by atoms with Crippen molar-refractivity contribution in [3.8, 4) is 0 Å². The molecule has 26 heavy (non-hydrogen) atoms. The zero-order chi connectivity index (χ0) is 18.5. The first-order chi connectivity index (χ1) is 12.6. The van der Waals surface area contributed by atoms with Crippen molar-refractivity contribution in [3.05, 3.63) is 29.8 Å². The van der Waals surface area contributed by atoms with Crippen LogP contribution in [0.5, 0.6) is 0 Å². The number of aryl methyl sites for hydroxylation is 1. The number of aromatic nitrogens is 2. The van der Waals surface area contributed by atoms with Crippen molar-refractivity contribution in [2.24, 2.45) is 5.92 Å². The summed E-state index contributed by atoms with van der Waals surface area (Å²) < 4.78 is 5.78. The number of anilines is 2. The van der Waals surface area contributed by atoms with Crippen molar-refractivity contribution < 1.29 is 14.3 Å². The number of hydrogen-bond donors (Lipinski definition) is 1. The molecule has 7 nitrogen and oxygen atoms in total. The first-order valence-electron chi connectivity index (χ1n) is 8.20. The number of thioether (sulfide) groups is 1. The number of carbonyl (C=O) groups is 2. The van der Waals surface area contributed by atoms with Gasteiger partial charge in [-0.25, -0.2) is 0 Å². The van der Waals surface area contributed by atoms with Crippen molar-refractivity contribution in [2.75, 3.05) is 36.2 Å². The smallest absolute Gasteiger partial charge is 0.231 e. The molecule has 0 unspecified atom stereocenters. The van der Waals surface area contributed by atoms with Crippen LogP contribution in [0.3, 0.4) is 0 Å². The lowest BCUT2D eigenvalue weighted by molar-refractivity contribution is -0.122. The maximum absolute atomic E-state index is 12.5. The van der Waals surface area contributed by atoms with Crippen LogP contribution < -0.4 is 10.2 Å². The van der Waals surface area contributed by atoms with Gasteiger partial charge < -0.3 is 15.0 Å². The lowest BCUT2D eigenvalue weighted by Crippen LogP contribution is -2.28. The summed E-state index contributed by atoms with van der Waals surface area (Å²) in [7, 11) is 1.65. The Labute approximate surface area is 160 Å². The number of ether oxygens (including phenoxy) is 1. The average Bonchev–Trinajstić information content (AvgIpc) is 3.22. The van der Waals surface area contributed by atoms with E-state index < -0.39 is 5.92 Å². The molecule has 2 aromatic rings. The van der Waals surface area contributed by atoms with Crippen LogP contribution in [0.15, 0.2) is 28.6 Å². The van der Waals surface area contributed by atoms with E-state index >= 15 is 0 Å². The minimum Gasteiger partial charge on any atom is -0.384 e. The molecule has 0 bridgehead atoms. The molecule has 138 valence electrons. The van der Waals surface area contributed by atoms with Gasteiger partial charge in [0.1, 0.15) is 0 Å². The molecule has 2 amide bonds. The van der Waals surface area contributed by atoms with E-state index in [1.54, 1.807) is 12.0 Å². The number of para-hydroxylation sites is 1. The van der Waals surface area contributed by atoms with Gasteiger partial charge in [0.2, 0.25) is 16.9 Å². The molecular formula is C17H20N4O3S2. The quantitative estimate of drug-likeness (QED) is 0.443. The number of amides is 2. The van der Waals surface area contributed by atoms with E-state index in [4.69, 9.17) is 4.74 Å². The number of nitrogens with one attached hydrogen (secondary N) is 1. The van der Waals surface area contributed by atoms with Gasteiger partial charge in [0.05, 0.1) is 12.5 Å². The van der Waals surface area contributed by atoms with E-state index in [0.717, 1.165) is 21.3 Å². The monoisotopic (exact) mass is 392 g/mol. The van der Waals surface area contributed by atoms with Crippen LogP contribution in [-0.2, 0) is 14.3 Å². The molecule has 1 aromatic heterocycles. The predicted octanol–water partition coefficient (Wildman–Crippen LogP) is 2.58. The van der Waals surface area contributed by atoms with Gasteiger partial charge in [0, 0.05) is 31.5 Å². The number of hydrogen-bond acceptors (Lipinski definition) is 7. The van der Waals surface area contributed by atoms with Crippen molar-refractivity contribution in [2.45, 2.75) is 17.7 Å². The molecule has 1 aliphatic heterocycles. The van der Waals surface area contributed by atoms with Crippen LogP contribution in [-0.4, -0.2) is 48.0 Å². The van der Waals surface area contributed by atoms with E-state index in [1.807, 2.05) is 31.2 Å². The lowest BCUT2D eigenvalue weighted by Gasteiger charge is -2.18. The molecule has 0 spiro atoms. The highest BCUT2D eigenvalue weighted by Gasteiger charge is 2.35. The van der Waals surface area contributed by atoms with E-state index in [9.17, 15) is 9.59 Å². The number of methoxy groups -OCH3 is 1. The maximum Gasteiger partial charge on any atom is 0.231 e. The summed E-state index contributed by atoms with van der Waals surface area (Å²) in [6, 6.07) is 7.69. The summed E-state index contributed by atoms with van der Waals surface area (Å²) in [6.45, 7) is 2.97. The van der Waals surface area contributed by atoms with E-state index in [2.05, 4.69) is 15.5 Å². The summed E-state index contributed by atoms with van der Waals surface area (Å²) in [4.78, 5) is 26.6. The Bertz CT molecular complexity index is 796. The Kier molecular flexibility index (Phi) is 6.23. The fourth-order valence-electron chi connectivity index (χ4n) is 2.72. The third-order valence-corrected chi connectivity index (χ3v) is 5.99. The predicted molar refractivity (Wildman–Crippen MR) is 103 cm³/mol. The van der Waals surface area contributed by atoms with Gasteiger partial charge in [-0.05, 0) is 18.6 Å². The topological polar surface area (TPSA) is 84.4 Å². The molecule has 0 radical (unpaired) electrons. The summed E-state index contributed by atoms with van der Waals surface area (Å²) in [5.74, 6) is 0.156. The van der Waals surface area contributed by atoms with Gasteiger partial charge in [-0.3, -0.25) is 9.59 Å². The summed E-state index contributed by atoms with van der Waals surface area (Å²) in [5.41, 5.74) is 1.88. The van der Waals surface area contributed by atoms with E-state index in [-0.39, 0.29) is 18.2 Å². The second kappa shape index (κ2) is 8.61. The fourth-order valence-corrected chi connectivity index (χ4v) is 4.45. The molecule has 1 saturated heterocycles. The normalized spacial score (nSPS) is 16.9. The fraction of sp³-hybridized carbons (Fsp3) is 0.412. The first-order valence-corrected chi connectivity index (χ1v) is 10.0. The standard InChI is InChI=1S/C17H20N4O3S2/c1-11-5-3-4-6-13(11)21-10-12(9-14(21)22)15(23)18-16-19-20-17(26-16)25-8-7-24-2/h3-6,12H,7-10H2,1-2H3,(H,18,19,23)/t12-/m0/s1. The van der Waals surface area contributed by atoms with Crippen molar-refractivity contribution >= 4 is 45.7 Å². The Morgan fingerprint density at radius 2 is 2.23 bits per heavy atom. The molecule has 3 rings (SSSR count). The minimum absolute atomic E-state index is 0.0347. The number of benzene rings is 1. The van der Waals surface area contributed by atoms with Crippen LogP contribution in [0.25, 0.3) is 0 Å². The number of rotatable bonds is 7. The minimum atomic E-state index is -0.393. The van der Waals surface area contributed by atoms with Crippen molar-refractivity contribution in [3.63, 3.8) is 0 Å².